The second kappa shape index (κ2) is 12.5. The van der Waals surface area contributed by atoms with Crippen molar-refractivity contribution in [2.45, 2.75) is 57.2 Å². The number of urea groups is 1. The van der Waals surface area contributed by atoms with Gasteiger partial charge in [0.2, 0.25) is 5.91 Å². The van der Waals surface area contributed by atoms with Gasteiger partial charge in [0.05, 0.1) is 30.5 Å². The van der Waals surface area contributed by atoms with Crippen LogP contribution in [-0.4, -0.2) is 80.2 Å². The monoisotopic (exact) mass is 546 g/mol. The highest BCUT2D eigenvalue weighted by Gasteiger charge is 2.32. The fourth-order valence-corrected chi connectivity index (χ4v) is 5.31. The number of nitrogens with one attached hydrogen (secondary N) is 2. The predicted molar refractivity (Wildman–Crippen MR) is 146 cm³/mol. The second-order valence-corrected chi connectivity index (χ2v) is 11.8. The van der Waals surface area contributed by atoms with Gasteiger partial charge in [-0.2, -0.15) is 0 Å². The molecular formula is C27H38N4O6S. The summed E-state index contributed by atoms with van der Waals surface area (Å²) in [5.74, 6) is 0.0522. The van der Waals surface area contributed by atoms with Gasteiger partial charge in [-0.15, -0.1) is 0 Å². The molecule has 1 aliphatic rings. The average Bonchev–Trinajstić information content (AvgIpc) is 2.91. The lowest BCUT2D eigenvalue weighted by Gasteiger charge is -2.34. The van der Waals surface area contributed by atoms with Gasteiger partial charge in [-0.1, -0.05) is 25.1 Å². The van der Waals surface area contributed by atoms with E-state index in [1.54, 1.807) is 60.2 Å². The number of carbonyl (C=O) groups is 2. The molecule has 0 radical (unpaired) electrons. The van der Waals surface area contributed by atoms with E-state index < -0.39 is 22.2 Å². The van der Waals surface area contributed by atoms with Gasteiger partial charge in [0, 0.05) is 36.8 Å². The van der Waals surface area contributed by atoms with Crippen molar-refractivity contribution in [2.75, 3.05) is 31.5 Å². The number of hydrogen-bond donors (Lipinski definition) is 3. The third-order valence-electron chi connectivity index (χ3n) is 6.43. The zero-order valence-corrected chi connectivity index (χ0v) is 23.4. The third kappa shape index (κ3) is 7.38. The maximum absolute atomic E-state index is 13.4. The van der Waals surface area contributed by atoms with E-state index in [-0.39, 0.29) is 48.4 Å². The Morgan fingerprint density at radius 2 is 1.87 bits per heavy atom. The van der Waals surface area contributed by atoms with Gasteiger partial charge in [0.25, 0.3) is 10.0 Å². The quantitative estimate of drug-likeness (QED) is 0.467. The summed E-state index contributed by atoms with van der Waals surface area (Å²) in [6.07, 6.45) is -0.508. The van der Waals surface area contributed by atoms with E-state index in [9.17, 15) is 23.1 Å². The molecule has 0 aliphatic carbocycles. The molecule has 0 unspecified atom stereocenters. The molecule has 3 amide bonds. The maximum atomic E-state index is 13.4. The van der Waals surface area contributed by atoms with E-state index in [4.69, 9.17) is 4.74 Å². The number of fused-ring (bicyclic) bond motifs is 1. The minimum absolute atomic E-state index is 0.0267. The summed E-state index contributed by atoms with van der Waals surface area (Å²) in [5, 5.41) is 12.7. The Kier molecular flexibility index (Phi) is 9.61. The van der Waals surface area contributed by atoms with Gasteiger partial charge in [0.1, 0.15) is 11.9 Å². The van der Waals surface area contributed by atoms with Crippen LogP contribution in [0.2, 0.25) is 0 Å². The number of anilines is 1. The standard InChI is InChI=1S/C27H38N4O6S/c1-18(2)28-27(34)30(5)16-25-19(3)15-31(20(4)17-32)26(33)14-21-13-22(11-12-24(21)37-25)29-38(35,36)23-9-7-6-8-10-23/h6-13,18-20,25,29,32H,14-17H2,1-5H3,(H,28,34)/t19-,20+,25+/m1/s1. The molecule has 38 heavy (non-hydrogen) atoms. The van der Waals surface area contributed by atoms with E-state index in [1.165, 1.54) is 12.1 Å². The van der Waals surface area contributed by atoms with Crippen molar-refractivity contribution in [3.63, 3.8) is 0 Å². The van der Waals surface area contributed by atoms with E-state index in [1.807, 2.05) is 20.8 Å². The van der Waals surface area contributed by atoms with Crippen molar-refractivity contribution < 1.29 is 27.9 Å². The Morgan fingerprint density at radius 1 is 1.18 bits per heavy atom. The van der Waals surface area contributed by atoms with Crippen molar-refractivity contribution >= 4 is 27.6 Å². The molecule has 0 spiro atoms. The highest BCUT2D eigenvalue weighted by atomic mass is 32.2. The lowest BCUT2D eigenvalue weighted by Crippen LogP contribution is -2.49. The molecule has 0 bridgehead atoms. The van der Waals surface area contributed by atoms with Gasteiger partial charge in [0.15, 0.2) is 0 Å². The van der Waals surface area contributed by atoms with Crippen molar-refractivity contribution in [3.05, 3.63) is 54.1 Å². The van der Waals surface area contributed by atoms with Crippen LogP contribution in [0.15, 0.2) is 53.4 Å². The summed E-state index contributed by atoms with van der Waals surface area (Å²) < 4.78 is 34.7. The summed E-state index contributed by atoms with van der Waals surface area (Å²) >= 11 is 0. The molecule has 3 atom stereocenters. The van der Waals surface area contributed by atoms with Crippen LogP contribution in [0.1, 0.15) is 33.3 Å². The highest BCUT2D eigenvalue weighted by Crippen LogP contribution is 2.30. The number of carbonyl (C=O) groups excluding carboxylic acids is 2. The number of sulfonamides is 1. The Morgan fingerprint density at radius 3 is 2.50 bits per heavy atom. The smallest absolute Gasteiger partial charge is 0.317 e. The normalized spacial score (nSPS) is 18.9. The van der Waals surface area contributed by atoms with E-state index in [2.05, 4.69) is 10.0 Å². The number of hydrogen-bond acceptors (Lipinski definition) is 6. The first-order valence-electron chi connectivity index (χ1n) is 12.7. The number of ether oxygens (including phenoxy) is 1. The Labute approximate surface area is 225 Å². The first kappa shape index (κ1) is 29.2. The summed E-state index contributed by atoms with van der Waals surface area (Å²) in [7, 11) is -2.15. The minimum atomic E-state index is -3.83. The SMILES string of the molecule is CC(C)NC(=O)N(C)C[C@@H]1Oc2ccc(NS(=O)(=O)c3ccccc3)cc2CC(=O)N([C@@H](C)CO)C[C@H]1C. The van der Waals surface area contributed by atoms with Crippen LogP contribution < -0.4 is 14.8 Å². The van der Waals surface area contributed by atoms with E-state index >= 15 is 0 Å². The van der Waals surface area contributed by atoms with E-state index in [0.29, 0.717) is 23.5 Å². The summed E-state index contributed by atoms with van der Waals surface area (Å²) in [5.41, 5.74) is 0.801. The average molecular weight is 547 g/mol. The van der Waals surface area contributed by atoms with Crippen LogP contribution in [0.4, 0.5) is 10.5 Å². The predicted octanol–water partition coefficient (Wildman–Crippen LogP) is 2.69. The Bertz CT molecular complexity index is 1220. The number of amides is 3. The van der Waals surface area contributed by atoms with Crippen LogP contribution in [0.5, 0.6) is 5.75 Å². The van der Waals surface area contributed by atoms with Crippen LogP contribution in [0, 0.1) is 5.92 Å². The Balaban J connectivity index is 1.95. The summed E-state index contributed by atoms with van der Waals surface area (Å²) in [6, 6.07) is 12.2. The van der Waals surface area contributed by atoms with Crippen LogP contribution in [0.25, 0.3) is 0 Å². The van der Waals surface area contributed by atoms with Gasteiger partial charge < -0.3 is 25.0 Å². The zero-order chi connectivity index (χ0) is 28.0. The van der Waals surface area contributed by atoms with Crippen molar-refractivity contribution in [1.82, 2.24) is 15.1 Å². The fourth-order valence-electron chi connectivity index (χ4n) is 4.23. The second-order valence-electron chi connectivity index (χ2n) is 10.1. The van der Waals surface area contributed by atoms with Crippen molar-refractivity contribution in [1.29, 1.82) is 0 Å². The number of benzene rings is 2. The summed E-state index contributed by atoms with van der Waals surface area (Å²) in [6.45, 7) is 7.85. The molecule has 0 saturated heterocycles. The van der Waals surface area contributed by atoms with Crippen LogP contribution in [-0.2, 0) is 21.2 Å². The molecule has 3 N–H and O–H groups in total. The van der Waals surface area contributed by atoms with Gasteiger partial charge >= 0.3 is 6.03 Å². The van der Waals surface area contributed by atoms with Crippen LogP contribution >= 0.6 is 0 Å². The molecular weight excluding hydrogens is 508 g/mol. The molecule has 3 rings (SSSR count). The van der Waals surface area contributed by atoms with Gasteiger partial charge in [-0.3, -0.25) is 9.52 Å². The third-order valence-corrected chi connectivity index (χ3v) is 7.83. The molecule has 0 saturated carbocycles. The fraction of sp³-hybridized carbons (Fsp3) is 0.481. The summed E-state index contributed by atoms with van der Waals surface area (Å²) in [4.78, 5) is 29.2. The number of aliphatic hydroxyl groups is 1. The molecule has 2 aromatic rings. The van der Waals surface area contributed by atoms with E-state index in [0.717, 1.165) is 0 Å². The van der Waals surface area contributed by atoms with Gasteiger partial charge in [-0.25, -0.2) is 13.2 Å². The number of nitrogens with zero attached hydrogens (tertiary/aromatic N) is 2. The molecule has 11 heteroatoms. The molecule has 1 aliphatic heterocycles. The number of likely N-dealkylation sites (N-methyl/N-ethyl adjacent to an activating group) is 1. The minimum Gasteiger partial charge on any atom is -0.488 e. The molecule has 0 aromatic heterocycles. The van der Waals surface area contributed by atoms with Crippen LogP contribution in [0.3, 0.4) is 0 Å². The first-order valence-corrected chi connectivity index (χ1v) is 14.2. The van der Waals surface area contributed by atoms with Crippen molar-refractivity contribution in [2.24, 2.45) is 5.92 Å². The lowest BCUT2D eigenvalue weighted by atomic mass is 10.0. The molecule has 1 heterocycles. The number of aliphatic hydroxyl groups excluding tert-OH is 1. The Hall–Kier alpha value is -3.31. The maximum Gasteiger partial charge on any atom is 0.317 e. The zero-order valence-electron chi connectivity index (χ0n) is 22.5. The first-order chi connectivity index (χ1) is 17.9. The molecule has 0 fully saturated rings. The largest absolute Gasteiger partial charge is 0.488 e. The number of rotatable bonds is 8. The molecule has 2 aromatic carbocycles. The topological polar surface area (TPSA) is 128 Å². The highest BCUT2D eigenvalue weighted by molar-refractivity contribution is 7.92. The van der Waals surface area contributed by atoms with Crippen molar-refractivity contribution in [3.8, 4) is 5.75 Å². The molecule has 10 nitrogen and oxygen atoms in total. The molecule has 208 valence electrons. The van der Waals surface area contributed by atoms with Gasteiger partial charge in [-0.05, 0) is 51.1 Å². The lowest BCUT2D eigenvalue weighted by molar-refractivity contribution is -0.134.